The molecule has 0 amide bonds. The van der Waals surface area contributed by atoms with Crippen molar-refractivity contribution in [2.75, 3.05) is 13.7 Å². The highest BCUT2D eigenvalue weighted by Gasteiger charge is 2.13. The number of benzene rings is 2. The maximum absolute atomic E-state index is 12.2. The molecule has 0 aliphatic heterocycles. The van der Waals surface area contributed by atoms with Gasteiger partial charge in [-0.3, -0.25) is 0 Å². The van der Waals surface area contributed by atoms with Gasteiger partial charge in [-0.05, 0) is 43.3 Å². The number of para-hydroxylation sites is 1. The minimum atomic E-state index is -3.73. The molecular weight excluding hydrogens is 396 g/mol. The lowest BCUT2D eigenvalue weighted by molar-refractivity contribution is 0.310. The summed E-state index contributed by atoms with van der Waals surface area (Å²) in [4.78, 5) is 2.30. The molecule has 2 aromatic carbocycles. The molecule has 0 bridgehead atoms. The molecule has 0 heterocycles. The minimum Gasteiger partial charge on any atom is -0.492 e. The number of ether oxygens (including phenoxy) is 2. The molecule has 0 radical (unpaired) electrons. The molecule has 24 heavy (non-hydrogen) atoms. The van der Waals surface area contributed by atoms with E-state index in [0.29, 0.717) is 23.7 Å². The van der Waals surface area contributed by atoms with E-state index in [1.807, 2.05) is 6.92 Å². The summed E-state index contributed by atoms with van der Waals surface area (Å²) in [5, 5.41) is 3.81. The Labute approximate surface area is 149 Å². The largest absolute Gasteiger partial charge is 0.492 e. The summed E-state index contributed by atoms with van der Waals surface area (Å²) < 4.78 is 35.9. The average molecular weight is 413 g/mol. The van der Waals surface area contributed by atoms with Gasteiger partial charge in [-0.1, -0.05) is 22.0 Å². The van der Waals surface area contributed by atoms with Crippen molar-refractivity contribution in [2.24, 2.45) is 5.10 Å². The maximum Gasteiger partial charge on any atom is 0.276 e. The number of hydrogen-bond acceptors (Lipinski definition) is 5. The molecule has 8 heteroatoms. The van der Waals surface area contributed by atoms with Crippen LogP contribution in [0.4, 0.5) is 0 Å². The van der Waals surface area contributed by atoms with Crippen molar-refractivity contribution < 1.29 is 17.9 Å². The van der Waals surface area contributed by atoms with E-state index < -0.39 is 10.0 Å². The fourth-order valence-corrected chi connectivity index (χ4v) is 3.01. The van der Waals surface area contributed by atoms with Crippen molar-refractivity contribution in [1.29, 1.82) is 0 Å². The normalized spacial score (nSPS) is 11.5. The van der Waals surface area contributed by atoms with Crippen LogP contribution in [0.15, 0.2) is 56.9 Å². The Morgan fingerprint density at radius 1 is 1.21 bits per heavy atom. The molecular formula is C16H17BrN2O4S. The first-order chi connectivity index (χ1) is 11.5. The fraction of sp³-hybridized carbons (Fsp3) is 0.188. The molecule has 0 fully saturated rings. The number of halogens is 1. The van der Waals surface area contributed by atoms with Gasteiger partial charge in [0.15, 0.2) is 11.5 Å². The molecule has 2 aromatic rings. The third kappa shape index (κ3) is 4.48. The van der Waals surface area contributed by atoms with Crippen LogP contribution in [0.3, 0.4) is 0 Å². The molecule has 0 atom stereocenters. The van der Waals surface area contributed by atoms with Gasteiger partial charge in [0.1, 0.15) is 0 Å². The zero-order chi connectivity index (χ0) is 17.6. The lowest BCUT2D eigenvalue weighted by atomic mass is 10.2. The molecule has 128 valence electrons. The predicted molar refractivity (Wildman–Crippen MR) is 96.2 cm³/mol. The number of rotatable bonds is 7. The van der Waals surface area contributed by atoms with E-state index in [9.17, 15) is 8.42 Å². The van der Waals surface area contributed by atoms with Crippen LogP contribution in [-0.2, 0) is 10.0 Å². The molecule has 0 unspecified atom stereocenters. The van der Waals surface area contributed by atoms with Gasteiger partial charge < -0.3 is 9.47 Å². The van der Waals surface area contributed by atoms with Gasteiger partial charge in [0.2, 0.25) is 0 Å². The fourth-order valence-electron chi connectivity index (χ4n) is 1.95. The van der Waals surface area contributed by atoms with Gasteiger partial charge in [0, 0.05) is 10.0 Å². The van der Waals surface area contributed by atoms with Gasteiger partial charge in [-0.15, -0.1) is 0 Å². The van der Waals surface area contributed by atoms with Crippen LogP contribution >= 0.6 is 15.9 Å². The van der Waals surface area contributed by atoms with Crippen LogP contribution in [-0.4, -0.2) is 28.3 Å². The average Bonchev–Trinajstić information content (AvgIpc) is 2.55. The first-order valence-corrected chi connectivity index (χ1v) is 9.35. The van der Waals surface area contributed by atoms with Gasteiger partial charge in [-0.25, -0.2) is 4.83 Å². The lowest BCUT2D eigenvalue weighted by Gasteiger charge is -2.11. The first kappa shape index (κ1) is 18.3. The lowest BCUT2D eigenvalue weighted by Crippen LogP contribution is -2.18. The Bertz CT molecular complexity index is 820. The standard InChI is InChI=1S/C16H17BrN2O4S/c1-3-23-15-6-4-5-12(16(15)22-2)11-18-19-24(20,21)14-9-7-13(17)8-10-14/h4-11,19H,3H2,1-2H3/b18-11+. The van der Waals surface area contributed by atoms with Gasteiger partial charge in [0.25, 0.3) is 10.0 Å². The van der Waals surface area contributed by atoms with Gasteiger partial charge in [0.05, 0.1) is 24.8 Å². The zero-order valence-electron chi connectivity index (χ0n) is 13.2. The summed E-state index contributed by atoms with van der Waals surface area (Å²) >= 11 is 3.26. The molecule has 0 saturated carbocycles. The monoisotopic (exact) mass is 412 g/mol. The number of methoxy groups -OCH3 is 1. The minimum absolute atomic E-state index is 0.123. The third-order valence-electron chi connectivity index (χ3n) is 3.01. The smallest absolute Gasteiger partial charge is 0.276 e. The highest BCUT2D eigenvalue weighted by atomic mass is 79.9. The molecule has 2 rings (SSSR count). The van der Waals surface area contributed by atoms with E-state index in [-0.39, 0.29) is 4.90 Å². The van der Waals surface area contributed by atoms with Crippen LogP contribution in [0, 0.1) is 0 Å². The SMILES string of the molecule is CCOc1cccc(/C=N/NS(=O)(=O)c2ccc(Br)cc2)c1OC. The Morgan fingerprint density at radius 3 is 2.54 bits per heavy atom. The molecule has 0 spiro atoms. The van der Waals surface area contributed by atoms with E-state index in [1.54, 1.807) is 30.3 Å². The van der Waals surface area contributed by atoms with E-state index in [0.717, 1.165) is 4.47 Å². The summed E-state index contributed by atoms with van der Waals surface area (Å²) in [6.45, 7) is 2.36. The second-order valence-corrected chi connectivity index (χ2v) is 7.20. The van der Waals surface area contributed by atoms with Crippen molar-refractivity contribution in [3.8, 4) is 11.5 Å². The van der Waals surface area contributed by atoms with Crippen molar-refractivity contribution in [3.05, 3.63) is 52.5 Å². The molecule has 0 saturated heterocycles. The third-order valence-corrected chi connectivity index (χ3v) is 4.78. The topological polar surface area (TPSA) is 77.0 Å². The number of hydrazone groups is 1. The highest BCUT2D eigenvalue weighted by molar-refractivity contribution is 9.10. The van der Waals surface area contributed by atoms with Crippen LogP contribution in [0.5, 0.6) is 11.5 Å². The van der Waals surface area contributed by atoms with Crippen LogP contribution in [0.1, 0.15) is 12.5 Å². The summed E-state index contributed by atoms with van der Waals surface area (Å²) in [5.41, 5.74) is 0.599. The van der Waals surface area contributed by atoms with Crippen LogP contribution in [0.25, 0.3) is 0 Å². The van der Waals surface area contributed by atoms with E-state index in [2.05, 4.69) is 25.9 Å². The second-order valence-electron chi connectivity index (χ2n) is 4.62. The van der Waals surface area contributed by atoms with Crippen molar-refractivity contribution in [2.45, 2.75) is 11.8 Å². The van der Waals surface area contributed by atoms with Crippen molar-refractivity contribution in [3.63, 3.8) is 0 Å². The molecule has 0 aromatic heterocycles. The number of hydrogen-bond donors (Lipinski definition) is 1. The van der Waals surface area contributed by atoms with E-state index in [1.165, 1.54) is 25.5 Å². The van der Waals surface area contributed by atoms with Crippen molar-refractivity contribution in [1.82, 2.24) is 4.83 Å². The van der Waals surface area contributed by atoms with E-state index >= 15 is 0 Å². The molecule has 6 nitrogen and oxygen atoms in total. The summed E-state index contributed by atoms with van der Waals surface area (Å²) in [7, 11) is -2.21. The summed E-state index contributed by atoms with van der Waals surface area (Å²) in [5.74, 6) is 1.06. The maximum atomic E-state index is 12.2. The van der Waals surface area contributed by atoms with Crippen LogP contribution in [0.2, 0.25) is 0 Å². The predicted octanol–water partition coefficient (Wildman–Crippen LogP) is 3.17. The van der Waals surface area contributed by atoms with Gasteiger partial charge in [-0.2, -0.15) is 13.5 Å². The molecule has 0 aliphatic rings. The Morgan fingerprint density at radius 2 is 1.92 bits per heavy atom. The molecule has 0 aliphatic carbocycles. The van der Waals surface area contributed by atoms with E-state index in [4.69, 9.17) is 9.47 Å². The number of sulfonamides is 1. The highest BCUT2D eigenvalue weighted by Crippen LogP contribution is 2.29. The second kappa shape index (κ2) is 8.16. The first-order valence-electron chi connectivity index (χ1n) is 7.08. The van der Waals surface area contributed by atoms with Crippen molar-refractivity contribution >= 4 is 32.2 Å². The summed E-state index contributed by atoms with van der Waals surface area (Å²) in [6.07, 6.45) is 1.37. The number of nitrogens with one attached hydrogen (secondary N) is 1. The number of nitrogens with zero attached hydrogens (tertiary/aromatic N) is 1. The van der Waals surface area contributed by atoms with Gasteiger partial charge >= 0.3 is 0 Å². The van der Waals surface area contributed by atoms with Crippen LogP contribution < -0.4 is 14.3 Å². The Hall–Kier alpha value is -2.06. The zero-order valence-corrected chi connectivity index (χ0v) is 15.6. The Kier molecular flexibility index (Phi) is 6.22. The quantitative estimate of drug-likeness (QED) is 0.559. The summed E-state index contributed by atoms with van der Waals surface area (Å²) in [6, 6.07) is 11.6. The molecule has 1 N–H and O–H groups in total. The Balaban J connectivity index is 2.19.